The van der Waals surface area contributed by atoms with E-state index >= 15 is 0 Å². The van der Waals surface area contributed by atoms with Crippen molar-refractivity contribution < 1.29 is 4.79 Å². The first-order valence-electron chi connectivity index (χ1n) is 7.31. The lowest BCUT2D eigenvalue weighted by molar-refractivity contribution is 0.0988. The lowest BCUT2D eigenvalue weighted by Gasteiger charge is -2.17. The summed E-state index contributed by atoms with van der Waals surface area (Å²) in [6, 6.07) is 18.8. The van der Waals surface area contributed by atoms with Crippen LogP contribution in [0.4, 0.5) is 17.2 Å². The molecule has 0 fully saturated rings. The molecule has 120 valence electrons. The van der Waals surface area contributed by atoms with Gasteiger partial charge in [0.25, 0.3) is 5.91 Å². The van der Waals surface area contributed by atoms with Crippen LogP contribution < -0.4 is 10.2 Å². The summed E-state index contributed by atoms with van der Waals surface area (Å²) < 4.78 is 0.996. The maximum Gasteiger partial charge on any atom is 0.276 e. The summed E-state index contributed by atoms with van der Waals surface area (Å²) in [4.78, 5) is 22.4. The third-order valence-electron chi connectivity index (χ3n) is 3.45. The molecule has 0 atom stereocenters. The number of halogens is 1. The molecule has 2 aromatic carbocycles. The minimum Gasteiger partial charge on any atom is -0.340 e. The van der Waals surface area contributed by atoms with Gasteiger partial charge in [0.1, 0.15) is 17.8 Å². The fourth-order valence-corrected chi connectivity index (χ4v) is 2.43. The molecule has 0 aliphatic rings. The third kappa shape index (κ3) is 3.78. The average Bonchev–Trinajstić information content (AvgIpc) is 2.63. The van der Waals surface area contributed by atoms with E-state index in [2.05, 4.69) is 31.2 Å². The van der Waals surface area contributed by atoms with Crippen molar-refractivity contribution in [3.8, 4) is 0 Å². The van der Waals surface area contributed by atoms with Crippen LogP contribution in [0.15, 0.2) is 71.5 Å². The molecule has 0 aliphatic heterocycles. The van der Waals surface area contributed by atoms with E-state index in [9.17, 15) is 4.79 Å². The molecule has 6 heteroatoms. The summed E-state index contributed by atoms with van der Waals surface area (Å²) in [5, 5.41) is 3.16. The van der Waals surface area contributed by atoms with Crippen LogP contribution in [0.1, 0.15) is 10.5 Å². The minimum atomic E-state index is -0.192. The topological polar surface area (TPSA) is 58.1 Å². The van der Waals surface area contributed by atoms with Crippen molar-refractivity contribution >= 4 is 39.0 Å². The second-order valence-corrected chi connectivity index (χ2v) is 6.04. The lowest BCUT2D eigenvalue weighted by Crippen LogP contribution is -2.27. The van der Waals surface area contributed by atoms with Crippen molar-refractivity contribution in [2.45, 2.75) is 0 Å². The molecule has 24 heavy (non-hydrogen) atoms. The Morgan fingerprint density at radius 3 is 2.46 bits per heavy atom. The molecule has 1 amide bonds. The fraction of sp³-hybridized carbons (Fsp3) is 0.0556. The van der Waals surface area contributed by atoms with Gasteiger partial charge in [0.05, 0.1) is 0 Å². The zero-order valence-corrected chi connectivity index (χ0v) is 14.6. The van der Waals surface area contributed by atoms with E-state index in [4.69, 9.17) is 0 Å². The molecule has 0 unspecified atom stereocenters. The van der Waals surface area contributed by atoms with Gasteiger partial charge in [-0.25, -0.2) is 9.97 Å². The zero-order chi connectivity index (χ0) is 16.9. The number of amides is 1. The molecular formula is C18H15BrN4O. The number of aromatic nitrogens is 2. The Hall–Kier alpha value is -2.73. The Morgan fingerprint density at radius 1 is 1.04 bits per heavy atom. The third-order valence-corrected chi connectivity index (χ3v) is 3.98. The fourth-order valence-electron chi connectivity index (χ4n) is 2.16. The first kappa shape index (κ1) is 16.1. The first-order chi connectivity index (χ1) is 11.6. The number of carbonyl (C=O) groups is 1. The quantitative estimate of drug-likeness (QED) is 0.732. The van der Waals surface area contributed by atoms with Crippen LogP contribution in [-0.2, 0) is 0 Å². The second kappa shape index (κ2) is 7.23. The van der Waals surface area contributed by atoms with Gasteiger partial charge in [0.15, 0.2) is 0 Å². The van der Waals surface area contributed by atoms with E-state index in [0.29, 0.717) is 11.5 Å². The normalized spacial score (nSPS) is 10.2. The molecule has 5 nitrogen and oxygen atoms in total. The van der Waals surface area contributed by atoms with Crippen LogP contribution in [0.2, 0.25) is 0 Å². The molecule has 0 bridgehead atoms. The van der Waals surface area contributed by atoms with Crippen LogP contribution in [0.5, 0.6) is 0 Å². The number of nitrogens with zero attached hydrogens (tertiary/aromatic N) is 3. The maximum absolute atomic E-state index is 12.6. The SMILES string of the molecule is CN(C(=O)c1cc(Nc2ccc(Br)cc2)ncn1)c1ccccc1. The van der Waals surface area contributed by atoms with Crippen LogP contribution in [0, 0.1) is 0 Å². The number of carbonyl (C=O) groups excluding carboxylic acids is 1. The lowest BCUT2D eigenvalue weighted by atomic mass is 10.2. The molecule has 1 heterocycles. The molecule has 0 saturated carbocycles. The van der Waals surface area contributed by atoms with Crippen LogP contribution in [-0.4, -0.2) is 22.9 Å². The molecule has 0 aliphatic carbocycles. The predicted octanol–water partition coefficient (Wildman–Crippen LogP) is 4.26. The van der Waals surface area contributed by atoms with Crippen molar-refractivity contribution in [1.82, 2.24) is 9.97 Å². The highest BCUT2D eigenvalue weighted by atomic mass is 79.9. The van der Waals surface area contributed by atoms with Gasteiger partial charge in [0.2, 0.25) is 0 Å². The van der Waals surface area contributed by atoms with Crippen molar-refractivity contribution in [2.24, 2.45) is 0 Å². The average molecular weight is 383 g/mol. The van der Waals surface area contributed by atoms with E-state index in [-0.39, 0.29) is 5.91 Å². The second-order valence-electron chi connectivity index (χ2n) is 5.12. The number of para-hydroxylation sites is 1. The highest BCUT2D eigenvalue weighted by Gasteiger charge is 2.15. The molecule has 0 spiro atoms. The van der Waals surface area contributed by atoms with Gasteiger partial charge in [-0.1, -0.05) is 34.1 Å². The van der Waals surface area contributed by atoms with E-state index in [1.165, 1.54) is 6.33 Å². The van der Waals surface area contributed by atoms with Gasteiger partial charge in [-0.3, -0.25) is 4.79 Å². The van der Waals surface area contributed by atoms with Crippen molar-refractivity contribution in [3.05, 3.63) is 77.2 Å². The molecule has 0 saturated heterocycles. The molecular weight excluding hydrogens is 368 g/mol. The first-order valence-corrected chi connectivity index (χ1v) is 8.10. The highest BCUT2D eigenvalue weighted by molar-refractivity contribution is 9.10. The Labute approximate surface area is 148 Å². The number of nitrogens with one attached hydrogen (secondary N) is 1. The molecule has 1 aromatic heterocycles. The standard InChI is InChI=1S/C18H15BrN4O/c1-23(15-5-3-2-4-6-15)18(24)16-11-17(21-12-20-16)22-14-9-7-13(19)8-10-14/h2-12H,1H3,(H,20,21,22). The number of hydrogen-bond donors (Lipinski definition) is 1. The van der Waals surface area contributed by atoms with Crippen molar-refractivity contribution in [3.63, 3.8) is 0 Å². The van der Waals surface area contributed by atoms with Gasteiger partial charge in [-0.15, -0.1) is 0 Å². The summed E-state index contributed by atoms with van der Waals surface area (Å²) in [6.45, 7) is 0. The Morgan fingerprint density at radius 2 is 1.75 bits per heavy atom. The highest BCUT2D eigenvalue weighted by Crippen LogP contribution is 2.19. The summed E-state index contributed by atoms with van der Waals surface area (Å²) >= 11 is 3.40. The van der Waals surface area contributed by atoms with Crippen LogP contribution in [0.3, 0.4) is 0 Å². The predicted molar refractivity (Wildman–Crippen MR) is 98.6 cm³/mol. The summed E-state index contributed by atoms with van der Waals surface area (Å²) in [5.74, 6) is 0.375. The van der Waals surface area contributed by atoms with E-state index < -0.39 is 0 Å². The van der Waals surface area contributed by atoms with Gasteiger partial charge >= 0.3 is 0 Å². The van der Waals surface area contributed by atoms with Gasteiger partial charge in [-0.2, -0.15) is 0 Å². The van der Waals surface area contributed by atoms with E-state index in [1.54, 1.807) is 18.0 Å². The van der Waals surface area contributed by atoms with Crippen LogP contribution in [0.25, 0.3) is 0 Å². The summed E-state index contributed by atoms with van der Waals surface area (Å²) in [5.41, 5.74) is 2.02. The summed E-state index contributed by atoms with van der Waals surface area (Å²) in [6.07, 6.45) is 1.38. The number of benzene rings is 2. The maximum atomic E-state index is 12.6. The molecule has 3 rings (SSSR count). The number of hydrogen-bond acceptors (Lipinski definition) is 4. The zero-order valence-electron chi connectivity index (χ0n) is 13.0. The van der Waals surface area contributed by atoms with Crippen molar-refractivity contribution in [2.75, 3.05) is 17.3 Å². The van der Waals surface area contributed by atoms with Gasteiger partial charge in [0, 0.05) is 29.0 Å². The van der Waals surface area contributed by atoms with E-state index in [0.717, 1.165) is 15.8 Å². The minimum absolute atomic E-state index is 0.192. The molecule has 1 N–H and O–H groups in total. The smallest absolute Gasteiger partial charge is 0.276 e. The number of anilines is 3. The van der Waals surface area contributed by atoms with E-state index in [1.807, 2.05) is 54.6 Å². The van der Waals surface area contributed by atoms with Crippen LogP contribution >= 0.6 is 15.9 Å². The van der Waals surface area contributed by atoms with Gasteiger partial charge in [-0.05, 0) is 36.4 Å². The largest absolute Gasteiger partial charge is 0.340 e. The number of rotatable bonds is 4. The Kier molecular flexibility index (Phi) is 4.86. The monoisotopic (exact) mass is 382 g/mol. The molecule has 3 aromatic rings. The molecule has 0 radical (unpaired) electrons. The Bertz CT molecular complexity index is 837. The summed E-state index contributed by atoms with van der Waals surface area (Å²) in [7, 11) is 1.72. The van der Waals surface area contributed by atoms with Gasteiger partial charge < -0.3 is 10.2 Å². The van der Waals surface area contributed by atoms with Crippen molar-refractivity contribution in [1.29, 1.82) is 0 Å². The Balaban J connectivity index is 1.79.